The molecule has 2 rings (SSSR count). The molecule has 140 valence electrons. The number of hydrogen-bond donors (Lipinski definition) is 1. The Morgan fingerprint density at radius 1 is 1.04 bits per heavy atom. The smallest absolute Gasteiger partial charge is 0.225 e. The van der Waals surface area contributed by atoms with E-state index in [1.54, 1.807) is 19.2 Å². The van der Waals surface area contributed by atoms with Gasteiger partial charge in [-0.25, -0.2) is 12.7 Å². The van der Waals surface area contributed by atoms with Crippen molar-refractivity contribution in [2.45, 2.75) is 12.8 Å². The van der Waals surface area contributed by atoms with E-state index in [1.807, 2.05) is 42.5 Å². The number of methoxy groups -OCH3 is 1. The van der Waals surface area contributed by atoms with Crippen molar-refractivity contribution in [3.63, 3.8) is 0 Å². The van der Waals surface area contributed by atoms with Crippen LogP contribution in [0.5, 0.6) is 5.75 Å². The molecule has 0 aliphatic rings. The third-order valence-corrected chi connectivity index (χ3v) is 5.23. The molecule has 2 aromatic carbocycles. The summed E-state index contributed by atoms with van der Waals surface area (Å²) in [6, 6.07) is 16.6. The number of anilines is 1. The molecule has 1 amide bonds. The highest BCUT2D eigenvalue weighted by Gasteiger charge is 2.17. The average Bonchev–Trinajstić information content (AvgIpc) is 2.62. The second-order valence-corrected chi connectivity index (χ2v) is 7.91. The van der Waals surface area contributed by atoms with Gasteiger partial charge in [0.1, 0.15) is 5.75 Å². The summed E-state index contributed by atoms with van der Waals surface area (Å²) >= 11 is 0. The molecule has 2 aromatic rings. The highest BCUT2D eigenvalue weighted by Crippen LogP contribution is 2.13. The van der Waals surface area contributed by atoms with Gasteiger partial charge in [-0.3, -0.25) is 4.79 Å². The van der Waals surface area contributed by atoms with Gasteiger partial charge < -0.3 is 10.1 Å². The lowest BCUT2D eigenvalue weighted by Gasteiger charge is -2.19. The molecule has 0 heterocycles. The van der Waals surface area contributed by atoms with Crippen LogP contribution in [0.25, 0.3) is 0 Å². The second kappa shape index (κ2) is 9.35. The number of hydrogen-bond acceptors (Lipinski definition) is 4. The van der Waals surface area contributed by atoms with E-state index in [1.165, 1.54) is 4.31 Å². The van der Waals surface area contributed by atoms with Crippen molar-refractivity contribution in [2.24, 2.45) is 0 Å². The average molecular weight is 376 g/mol. The molecule has 0 fully saturated rings. The maximum absolute atomic E-state index is 12.0. The van der Waals surface area contributed by atoms with E-state index in [9.17, 15) is 13.2 Å². The van der Waals surface area contributed by atoms with Crippen LogP contribution in [-0.2, 0) is 21.2 Å². The highest BCUT2D eigenvalue weighted by atomic mass is 32.2. The number of para-hydroxylation sites is 1. The van der Waals surface area contributed by atoms with Gasteiger partial charge in [0.2, 0.25) is 15.9 Å². The molecule has 0 saturated heterocycles. The zero-order valence-electron chi connectivity index (χ0n) is 15.0. The number of sulfonamides is 1. The first-order chi connectivity index (χ1) is 12.4. The zero-order valence-corrected chi connectivity index (χ0v) is 15.8. The maximum Gasteiger partial charge on any atom is 0.225 e. The molecule has 0 aliphatic heterocycles. The number of amides is 1. The summed E-state index contributed by atoms with van der Waals surface area (Å²) in [6.07, 6.45) is 1.83. The summed E-state index contributed by atoms with van der Waals surface area (Å²) in [5, 5.41) is 2.76. The summed E-state index contributed by atoms with van der Waals surface area (Å²) in [6.45, 7) is 0.470. The van der Waals surface area contributed by atoms with E-state index in [-0.39, 0.29) is 18.9 Å². The lowest BCUT2D eigenvalue weighted by atomic mass is 10.1. The first-order valence-electron chi connectivity index (χ1n) is 8.31. The van der Waals surface area contributed by atoms with E-state index < -0.39 is 10.0 Å². The minimum Gasteiger partial charge on any atom is -0.497 e. The molecule has 0 atom stereocenters. The second-order valence-electron chi connectivity index (χ2n) is 5.92. The fourth-order valence-electron chi connectivity index (χ4n) is 2.46. The van der Waals surface area contributed by atoms with E-state index >= 15 is 0 Å². The van der Waals surface area contributed by atoms with Gasteiger partial charge in [-0.15, -0.1) is 0 Å². The molecule has 0 unspecified atom stereocenters. The minimum absolute atomic E-state index is 0.102. The Bertz CT molecular complexity index is 805. The number of rotatable bonds is 9. The van der Waals surface area contributed by atoms with Gasteiger partial charge in [0.05, 0.1) is 13.4 Å². The monoisotopic (exact) mass is 376 g/mol. The first kappa shape index (κ1) is 19.9. The molecule has 7 heteroatoms. The van der Waals surface area contributed by atoms with Crippen molar-refractivity contribution in [3.05, 3.63) is 60.2 Å². The van der Waals surface area contributed by atoms with Gasteiger partial charge in [0.15, 0.2) is 0 Å². The Morgan fingerprint density at radius 3 is 2.27 bits per heavy atom. The lowest BCUT2D eigenvalue weighted by Crippen LogP contribution is -2.34. The van der Waals surface area contributed by atoms with E-state index in [2.05, 4.69) is 5.32 Å². The number of carbonyl (C=O) groups excluding carboxylic acids is 1. The highest BCUT2D eigenvalue weighted by molar-refractivity contribution is 7.88. The SMILES string of the molecule is COc1ccc(CCN(CCC(=O)Nc2ccccc2)S(C)(=O)=O)cc1. The maximum atomic E-state index is 12.0. The molecule has 26 heavy (non-hydrogen) atoms. The van der Waals surface area contributed by atoms with Crippen LogP contribution in [0.1, 0.15) is 12.0 Å². The van der Waals surface area contributed by atoms with Crippen LogP contribution < -0.4 is 10.1 Å². The predicted molar refractivity (Wildman–Crippen MR) is 103 cm³/mol. The van der Waals surface area contributed by atoms with E-state index in [0.717, 1.165) is 17.6 Å². The Hall–Kier alpha value is -2.38. The molecule has 0 aromatic heterocycles. The fraction of sp³-hybridized carbons (Fsp3) is 0.316. The Labute approximate surface area is 154 Å². The number of nitrogens with zero attached hydrogens (tertiary/aromatic N) is 1. The van der Waals surface area contributed by atoms with E-state index in [4.69, 9.17) is 4.74 Å². The first-order valence-corrected chi connectivity index (χ1v) is 10.2. The standard InChI is InChI=1S/C19H24N2O4S/c1-25-18-10-8-16(9-11-18)12-14-21(26(2,23)24)15-13-19(22)20-17-6-4-3-5-7-17/h3-11H,12-15H2,1-2H3,(H,20,22). The number of ether oxygens (including phenoxy) is 1. The molecular weight excluding hydrogens is 352 g/mol. The summed E-state index contributed by atoms with van der Waals surface area (Å²) in [5.41, 5.74) is 1.70. The van der Waals surface area contributed by atoms with Crippen molar-refractivity contribution in [2.75, 3.05) is 31.8 Å². The largest absolute Gasteiger partial charge is 0.497 e. The van der Waals surface area contributed by atoms with Gasteiger partial charge in [0, 0.05) is 25.2 Å². The molecule has 1 N–H and O–H groups in total. The summed E-state index contributed by atoms with van der Waals surface area (Å²) in [7, 11) is -1.79. The quantitative estimate of drug-likeness (QED) is 0.730. The predicted octanol–water partition coefficient (Wildman–Crippen LogP) is 2.53. The van der Waals surface area contributed by atoms with Gasteiger partial charge in [-0.05, 0) is 36.2 Å². The number of nitrogens with one attached hydrogen (secondary N) is 1. The molecule has 0 bridgehead atoms. The number of carbonyl (C=O) groups is 1. The Kier molecular flexibility index (Phi) is 7.17. The van der Waals surface area contributed by atoms with Crippen LogP contribution in [0.4, 0.5) is 5.69 Å². The third kappa shape index (κ3) is 6.50. The molecule has 6 nitrogen and oxygen atoms in total. The summed E-state index contributed by atoms with van der Waals surface area (Å²) < 4.78 is 30.4. The van der Waals surface area contributed by atoms with Crippen molar-refractivity contribution in [3.8, 4) is 5.75 Å². The van der Waals surface area contributed by atoms with Gasteiger partial charge in [-0.1, -0.05) is 30.3 Å². The molecule has 0 aliphatic carbocycles. The molecule has 0 saturated carbocycles. The fourth-order valence-corrected chi connectivity index (χ4v) is 3.31. The van der Waals surface area contributed by atoms with Crippen LogP contribution in [0.15, 0.2) is 54.6 Å². The van der Waals surface area contributed by atoms with Crippen LogP contribution in [0.2, 0.25) is 0 Å². The Balaban J connectivity index is 1.89. The van der Waals surface area contributed by atoms with Gasteiger partial charge in [0.25, 0.3) is 0 Å². The molecule has 0 spiro atoms. The lowest BCUT2D eigenvalue weighted by molar-refractivity contribution is -0.116. The Morgan fingerprint density at radius 2 is 1.69 bits per heavy atom. The van der Waals surface area contributed by atoms with Crippen LogP contribution >= 0.6 is 0 Å². The van der Waals surface area contributed by atoms with E-state index in [0.29, 0.717) is 18.7 Å². The molecular formula is C19H24N2O4S. The van der Waals surface area contributed by atoms with Crippen LogP contribution in [0.3, 0.4) is 0 Å². The normalized spacial score (nSPS) is 11.3. The topological polar surface area (TPSA) is 75.7 Å². The number of benzene rings is 2. The zero-order chi connectivity index (χ0) is 19.0. The molecule has 0 radical (unpaired) electrons. The van der Waals surface area contributed by atoms with Gasteiger partial charge >= 0.3 is 0 Å². The van der Waals surface area contributed by atoms with Crippen molar-refractivity contribution in [1.29, 1.82) is 0 Å². The summed E-state index contributed by atoms with van der Waals surface area (Å²) in [5.74, 6) is 0.542. The van der Waals surface area contributed by atoms with Crippen LogP contribution in [-0.4, -0.2) is 45.1 Å². The minimum atomic E-state index is -3.39. The summed E-state index contributed by atoms with van der Waals surface area (Å²) in [4.78, 5) is 12.0. The van der Waals surface area contributed by atoms with Crippen molar-refractivity contribution >= 4 is 21.6 Å². The van der Waals surface area contributed by atoms with Gasteiger partial charge in [-0.2, -0.15) is 0 Å². The third-order valence-electron chi connectivity index (χ3n) is 3.92. The van der Waals surface area contributed by atoms with Crippen molar-refractivity contribution < 1.29 is 17.9 Å². The van der Waals surface area contributed by atoms with Crippen molar-refractivity contribution in [1.82, 2.24) is 4.31 Å². The van der Waals surface area contributed by atoms with Crippen LogP contribution in [0, 0.1) is 0 Å².